The third kappa shape index (κ3) is 5.65. The molecule has 0 fully saturated rings. The molecule has 0 aliphatic carbocycles. The van der Waals surface area contributed by atoms with E-state index in [1.807, 2.05) is 25.1 Å². The fourth-order valence-corrected chi connectivity index (χ4v) is 3.65. The Labute approximate surface area is 170 Å². The summed E-state index contributed by atoms with van der Waals surface area (Å²) in [7, 11) is 3.12. The SMILES string of the molecule is COc1cc(/C=N\NC(=O)[C@@H](C)Sc2ccc(Cl)cc2)cc(Br)c1OC. The minimum absolute atomic E-state index is 0.194. The predicted molar refractivity (Wildman–Crippen MR) is 110 cm³/mol. The Morgan fingerprint density at radius 1 is 1.27 bits per heavy atom. The molecule has 0 bridgehead atoms. The van der Waals surface area contributed by atoms with E-state index in [1.54, 1.807) is 38.6 Å². The van der Waals surface area contributed by atoms with Gasteiger partial charge in [-0.15, -0.1) is 11.8 Å². The fraction of sp³-hybridized carbons (Fsp3) is 0.222. The van der Waals surface area contributed by atoms with Gasteiger partial charge in [0, 0.05) is 9.92 Å². The molecule has 26 heavy (non-hydrogen) atoms. The predicted octanol–water partition coefficient (Wildman–Crippen LogP) is 4.75. The Hall–Kier alpha value is -1.70. The molecule has 0 unspecified atom stereocenters. The van der Waals surface area contributed by atoms with E-state index in [4.69, 9.17) is 21.1 Å². The zero-order valence-electron chi connectivity index (χ0n) is 14.5. The molecule has 0 saturated carbocycles. The Balaban J connectivity index is 1.97. The first-order valence-corrected chi connectivity index (χ1v) is 9.66. The zero-order chi connectivity index (χ0) is 19.1. The number of nitrogens with zero attached hydrogens (tertiary/aromatic N) is 1. The number of ether oxygens (including phenoxy) is 2. The van der Waals surface area contributed by atoms with Gasteiger partial charge in [0.2, 0.25) is 0 Å². The van der Waals surface area contributed by atoms with Crippen LogP contribution in [0.1, 0.15) is 12.5 Å². The van der Waals surface area contributed by atoms with Gasteiger partial charge in [0.25, 0.3) is 5.91 Å². The highest BCUT2D eigenvalue weighted by molar-refractivity contribution is 9.10. The maximum atomic E-state index is 12.2. The summed E-state index contributed by atoms with van der Waals surface area (Å²) in [5.41, 5.74) is 3.30. The first kappa shape index (κ1) is 20.6. The summed E-state index contributed by atoms with van der Waals surface area (Å²) in [5.74, 6) is 0.976. The van der Waals surface area contributed by atoms with Gasteiger partial charge in [-0.1, -0.05) is 11.6 Å². The molecular formula is C18H18BrClN2O3S. The molecule has 0 aliphatic rings. The average Bonchev–Trinajstić information content (AvgIpc) is 2.62. The van der Waals surface area contributed by atoms with Gasteiger partial charge in [0.15, 0.2) is 11.5 Å². The van der Waals surface area contributed by atoms with E-state index < -0.39 is 0 Å². The minimum Gasteiger partial charge on any atom is -0.493 e. The number of rotatable bonds is 7. The summed E-state index contributed by atoms with van der Waals surface area (Å²) >= 11 is 10.7. The molecule has 2 aromatic rings. The van der Waals surface area contributed by atoms with Crippen LogP contribution in [0.4, 0.5) is 0 Å². The number of nitrogens with one attached hydrogen (secondary N) is 1. The zero-order valence-corrected chi connectivity index (χ0v) is 17.6. The molecule has 138 valence electrons. The second kappa shape index (κ2) is 9.85. The first-order valence-electron chi connectivity index (χ1n) is 7.61. The van der Waals surface area contributed by atoms with E-state index in [1.165, 1.54) is 11.8 Å². The summed E-state index contributed by atoms with van der Waals surface area (Å²) in [6, 6.07) is 10.9. The van der Waals surface area contributed by atoms with E-state index in [0.29, 0.717) is 16.5 Å². The van der Waals surface area contributed by atoms with E-state index in [0.717, 1.165) is 14.9 Å². The summed E-state index contributed by atoms with van der Waals surface area (Å²) in [6.45, 7) is 1.82. The topological polar surface area (TPSA) is 59.9 Å². The van der Waals surface area contributed by atoms with Crippen molar-refractivity contribution in [3.05, 3.63) is 51.5 Å². The molecule has 0 radical (unpaired) electrons. The van der Waals surface area contributed by atoms with E-state index in [9.17, 15) is 4.79 Å². The fourth-order valence-electron chi connectivity index (χ4n) is 2.04. The third-order valence-corrected chi connectivity index (χ3v) is 5.29. The molecule has 0 saturated heterocycles. The maximum Gasteiger partial charge on any atom is 0.253 e. The summed E-state index contributed by atoms with van der Waals surface area (Å²) in [5, 5.41) is 4.38. The van der Waals surface area contributed by atoms with Crippen LogP contribution in [-0.4, -0.2) is 31.6 Å². The normalized spacial score (nSPS) is 12.0. The lowest BCUT2D eigenvalue weighted by Crippen LogP contribution is -2.26. The molecule has 1 atom stereocenters. The second-order valence-electron chi connectivity index (χ2n) is 5.19. The highest BCUT2D eigenvalue weighted by Gasteiger charge is 2.14. The average molecular weight is 458 g/mol. The van der Waals surface area contributed by atoms with Crippen LogP contribution in [0.15, 0.2) is 50.9 Å². The van der Waals surface area contributed by atoms with Crippen LogP contribution in [0.2, 0.25) is 5.02 Å². The van der Waals surface area contributed by atoms with Gasteiger partial charge in [-0.25, -0.2) is 5.43 Å². The Kier molecular flexibility index (Phi) is 7.81. The number of thioether (sulfide) groups is 1. The van der Waals surface area contributed by atoms with Crippen LogP contribution in [-0.2, 0) is 4.79 Å². The molecule has 8 heteroatoms. The van der Waals surface area contributed by atoms with Crippen molar-refractivity contribution < 1.29 is 14.3 Å². The van der Waals surface area contributed by atoms with Gasteiger partial charge < -0.3 is 9.47 Å². The van der Waals surface area contributed by atoms with Gasteiger partial charge in [0.05, 0.1) is 30.2 Å². The molecular weight excluding hydrogens is 440 g/mol. The van der Waals surface area contributed by atoms with Crippen molar-refractivity contribution in [1.82, 2.24) is 5.43 Å². The summed E-state index contributed by atoms with van der Waals surface area (Å²) in [6.07, 6.45) is 1.55. The van der Waals surface area contributed by atoms with Crippen molar-refractivity contribution in [3.63, 3.8) is 0 Å². The van der Waals surface area contributed by atoms with E-state index in [-0.39, 0.29) is 11.2 Å². The molecule has 0 heterocycles. The number of carbonyl (C=O) groups is 1. The maximum absolute atomic E-state index is 12.2. The number of benzene rings is 2. The van der Waals surface area contributed by atoms with Crippen LogP contribution in [0.25, 0.3) is 0 Å². The summed E-state index contributed by atoms with van der Waals surface area (Å²) < 4.78 is 11.3. The quantitative estimate of drug-likeness (QED) is 0.370. The van der Waals surface area contributed by atoms with Crippen molar-refractivity contribution in [1.29, 1.82) is 0 Å². The number of hydrogen-bond acceptors (Lipinski definition) is 5. The van der Waals surface area contributed by atoms with Crippen LogP contribution >= 0.6 is 39.3 Å². The lowest BCUT2D eigenvalue weighted by Gasteiger charge is -2.11. The highest BCUT2D eigenvalue weighted by atomic mass is 79.9. The number of hydrazone groups is 1. The second-order valence-corrected chi connectivity index (χ2v) is 7.89. The van der Waals surface area contributed by atoms with Crippen molar-refractivity contribution in [2.24, 2.45) is 5.10 Å². The highest BCUT2D eigenvalue weighted by Crippen LogP contribution is 2.35. The molecule has 2 rings (SSSR count). The number of hydrogen-bond donors (Lipinski definition) is 1. The number of amides is 1. The molecule has 1 amide bonds. The van der Waals surface area contributed by atoms with Gasteiger partial charge in [-0.05, 0) is 64.8 Å². The molecule has 0 aliphatic heterocycles. The Morgan fingerprint density at radius 3 is 2.58 bits per heavy atom. The lowest BCUT2D eigenvalue weighted by molar-refractivity contribution is -0.120. The number of halogens is 2. The molecule has 2 aromatic carbocycles. The molecule has 1 N–H and O–H groups in total. The van der Waals surface area contributed by atoms with E-state index in [2.05, 4.69) is 26.5 Å². The standard InChI is InChI=1S/C18H18BrClN2O3S/c1-11(26-14-6-4-13(20)5-7-14)18(23)22-21-10-12-8-15(19)17(25-3)16(9-12)24-2/h4-11H,1-3H3,(H,22,23)/b21-10-/t11-/m1/s1. The van der Waals surface area contributed by atoms with Gasteiger partial charge in [0.1, 0.15) is 0 Å². The third-order valence-electron chi connectivity index (χ3n) is 3.34. The Morgan fingerprint density at radius 2 is 1.96 bits per heavy atom. The smallest absolute Gasteiger partial charge is 0.253 e. The molecule has 5 nitrogen and oxygen atoms in total. The van der Waals surface area contributed by atoms with Crippen molar-refractivity contribution >= 4 is 51.4 Å². The van der Waals surface area contributed by atoms with Crippen LogP contribution in [0, 0.1) is 0 Å². The summed E-state index contributed by atoms with van der Waals surface area (Å²) in [4.78, 5) is 13.1. The van der Waals surface area contributed by atoms with Crippen molar-refractivity contribution in [2.45, 2.75) is 17.1 Å². The Bertz CT molecular complexity index is 800. The monoisotopic (exact) mass is 456 g/mol. The van der Waals surface area contributed by atoms with Gasteiger partial charge in [-0.3, -0.25) is 4.79 Å². The van der Waals surface area contributed by atoms with E-state index >= 15 is 0 Å². The van der Waals surface area contributed by atoms with Crippen molar-refractivity contribution in [2.75, 3.05) is 14.2 Å². The number of carbonyl (C=O) groups excluding carboxylic acids is 1. The van der Waals surface area contributed by atoms with Crippen LogP contribution in [0.5, 0.6) is 11.5 Å². The minimum atomic E-state index is -0.300. The van der Waals surface area contributed by atoms with Crippen molar-refractivity contribution in [3.8, 4) is 11.5 Å². The molecule has 0 spiro atoms. The largest absolute Gasteiger partial charge is 0.493 e. The first-order chi connectivity index (χ1) is 12.4. The molecule has 0 aromatic heterocycles. The number of methoxy groups -OCH3 is 2. The van der Waals surface area contributed by atoms with Crippen LogP contribution < -0.4 is 14.9 Å². The lowest BCUT2D eigenvalue weighted by atomic mass is 10.2. The van der Waals surface area contributed by atoms with Gasteiger partial charge >= 0.3 is 0 Å². The van der Waals surface area contributed by atoms with Crippen LogP contribution in [0.3, 0.4) is 0 Å². The van der Waals surface area contributed by atoms with Gasteiger partial charge in [-0.2, -0.15) is 5.10 Å².